The van der Waals surface area contributed by atoms with Crippen LogP contribution >= 0.6 is 11.3 Å². The monoisotopic (exact) mass is 412 g/mol. The van der Waals surface area contributed by atoms with Crippen LogP contribution in [0.15, 0.2) is 47.8 Å². The second kappa shape index (κ2) is 9.26. The van der Waals surface area contributed by atoms with Crippen molar-refractivity contribution in [2.45, 2.75) is 6.92 Å². The summed E-state index contributed by atoms with van der Waals surface area (Å²) < 4.78 is 4.93. The first-order chi connectivity index (χ1) is 14.0. The predicted molar refractivity (Wildman–Crippen MR) is 114 cm³/mol. The summed E-state index contributed by atoms with van der Waals surface area (Å²) in [5, 5.41) is 19.3. The summed E-state index contributed by atoms with van der Waals surface area (Å²) in [4.78, 5) is 27.9. The molecule has 0 fully saturated rings. The summed E-state index contributed by atoms with van der Waals surface area (Å²) in [5.74, 6) is -0.456. The lowest BCUT2D eigenvalue weighted by molar-refractivity contribution is -0.384. The van der Waals surface area contributed by atoms with Gasteiger partial charge in [-0.3, -0.25) is 20.2 Å². The lowest BCUT2D eigenvalue weighted by atomic mass is 10.1. The minimum atomic E-state index is -0.522. The first-order valence-corrected chi connectivity index (χ1v) is 9.71. The van der Waals surface area contributed by atoms with Gasteiger partial charge in [0, 0.05) is 36.2 Å². The number of aryl methyl sites for hydroxylation is 1. The molecule has 3 rings (SSSR count). The Kier molecular flexibility index (Phi) is 6.53. The van der Waals surface area contributed by atoms with E-state index in [1.54, 1.807) is 7.11 Å². The summed E-state index contributed by atoms with van der Waals surface area (Å²) in [6.45, 7) is 2.82. The number of anilines is 2. The van der Waals surface area contributed by atoms with Gasteiger partial charge >= 0.3 is 0 Å². The molecule has 29 heavy (non-hydrogen) atoms. The molecular formula is C20H20N4O4S. The Bertz CT molecular complexity index is 1030. The summed E-state index contributed by atoms with van der Waals surface area (Å²) in [6.07, 6.45) is 0. The molecule has 0 saturated heterocycles. The molecule has 150 valence electrons. The van der Waals surface area contributed by atoms with E-state index in [9.17, 15) is 14.9 Å². The van der Waals surface area contributed by atoms with E-state index in [4.69, 9.17) is 4.74 Å². The number of carbonyl (C=O) groups is 1. The van der Waals surface area contributed by atoms with E-state index in [1.165, 1.54) is 29.5 Å². The third-order valence-electron chi connectivity index (χ3n) is 4.22. The fraction of sp³-hybridized carbons (Fsp3) is 0.200. The van der Waals surface area contributed by atoms with Crippen molar-refractivity contribution in [3.63, 3.8) is 0 Å². The van der Waals surface area contributed by atoms with Crippen LogP contribution in [0.25, 0.3) is 11.3 Å². The molecule has 0 aliphatic heterocycles. The van der Waals surface area contributed by atoms with Gasteiger partial charge in [0.15, 0.2) is 5.13 Å². The fourth-order valence-electron chi connectivity index (χ4n) is 2.75. The highest BCUT2D eigenvalue weighted by Gasteiger charge is 2.18. The third kappa shape index (κ3) is 4.95. The standard InChI is InChI=1S/C20H20N4O4S/c1-13-5-3-4-6-15(13)17-12-29-20(22-17)23-19(25)14-7-8-16(21-9-10-28-2)18(11-14)24(26)27/h3-8,11-12,21H,9-10H2,1-2H3,(H,22,23,25). The van der Waals surface area contributed by atoms with E-state index in [0.717, 1.165) is 16.8 Å². The molecular weight excluding hydrogens is 392 g/mol. The van der Waals surface area contributed by atoms with Crippen LogP contribution in [-0.2, 0) is 4.74 Å². The van der Waals surface area contributed by atoms with Crippen LogP contribution in [0.2, 0.25) is 0 Å². The average Bonchev–Trinajstić information content (AvgIpc) is 3.16. The van der Waals surface area contributed by atoms with Crippen molar-refractivity contribution < 1.29 is 14.5 Å². The quantitative estimate of drug-likeness (QED) is 0.324. The van der Waals surface area contributed by atoms with Gasteiger partial charge < -0.3 is 10.1 Å². The number of hydrogen-bond donors (Lipinski definition) is 2. The zero-order valence-corrected chi connectivity index (χ0v) is 16.8. The van der Waals surface area contributed by atoms with E-state index >= 15 is 0 Å². The van der Waals surface area contributed by atoms with Gasteiger partial charge in [-0.25, -0.2) is 4.98 Å². The number of benzene rings is 2. The predicted octanol–water partition coefficient (Wildman–Crippen LogP) is 4.34. The first kappa shape index (κ1) is 20.4. The van der Waals surface area contributed by atoms with Crippen molar-refractivity contribution in [1.82, 2.24) is 4.98 Å². The highest BCUT2D eigenvalue weighted by Crippen LogP contribution is 2.29. The Morgan fingerprint density at radius 2 is 2.07 bits per heavy atom. The topological polar surface area (TPSA) is 106 Å². The minimum absolute atomic E-state index is 0.173. The number of methoxy groups -OCH3 is 1. The molecule has 9 heteroatoms. The summed E-state index contributed by atoms with van der Waals surface area (Å²) >= 11 is 1.30. The van der Waals surface area contributed by atoms with Crippen LogP contribution in [0.3, 0.4) is 0 Å². The zero-order valence-electron chi connectivity index (χ0n) is 16.0. The maximum atomic E-state index is 12.6. The SMILES string of the molecule is COCCNc1ccc(C(=O)Nc2nc(-c3ccccc3C)cs2)cc1[N+](=O)[O-]. The van der Waals surface area contributed by atoms with Gasteiger partial charge in [-0.2, -0.15) is 0 Å². The zero-order chi connectivity index (χ0) is 20.8. The third-order valence-corrected chi connectivity index (χ3v) is 4.98. The lowest BCUT2D eigenvalue weighted by Gasteiger charge is -2.08. The number of nitrogens with one attached hydrogen (secondary N) is 2. The van der Waals surface area contributed by atoms with Crippen molar-refractivity contribution in [1.29, 1.82) is 0 Å². The molecule has 8 nitrogen and oxygen atoms in total. The number of rotatable bonds is 8. The minimum Gasteiger partial charge on any atom is -0.383 e. The molecule has 1 aromatic heterocycles. The summed E-state index contributed by atoms with van der Waals surface area (Å²) in [5.41, 5.74) is 3.19. The molecule has 0 atom stereocenters. The number of nitro groups is 1. The Labute approximate surface area is 171 Å². The van der Waals surface area contributed by atoms with E-state index < -0.39 is 10.8 Å². The highest BCUT2D eigenvalue weighted by molar-refractivity contribution is 7.14. The molecule has 2 aromatic carbocycles. The maximum Gasteiger partial charge on any atom is 0.293 e. The second-order valence-electron chi connectivity index (χ2n) is 6.22. The molecule has 0 unspecified atom stereocenters. The van der Waals surface area contributed by atoms with Gasteiger partial charge in [0.1, 0.15) is 5.69 Å². The highest BCUT2D eigenvalue weighted by atomic mass is 32.1. The Balaban J connectivity index is 1.76. The molecule has 0 radical (unpaired) electrons. The van der Waals surface area contributed by atoms with E-state index in [1.807, 2.05) is 36.6 Å². The number of nitro benzene ring substituents is 1. The number of ether oxygens (including phenoxy) is 1. The maximum absolute atomic E-state index is 12.6. The molecule has 0 bridgehead atoms. The van der Waals surface area contributed by atoms with E-state index in [-0.39, 0.29) is 11.3 Å². The van der Waals surface area contributed by atoms with Crippen LogP contribution < -0.4 is 10.6 Å². The lowest BCUT2D eigenvalue weighted by Crippen LogP contribution is -2.13. The Morgan fingerprint density at radius 1 is 1.28 bits per heavy atom. The summed E-state index contributed by atoms with van der Waals surface area (Å²) in [6, 6.07) is 12.1. The largest absolute Gasteiger partial charge is 0.383 e. The van der Waals surface area contributed by atoms with Crippen LogP contribution in [0.5, 0.6) is 0 Å². The van der Waals surface area contributed by atoms with Crippen molar-refractivity contribution in [2.24, 2.45) is 0 Å². The van der Waals surface area contributed by atoms with Gasteiger partial charge in [-0.05, 0) is 24.6 Å². The molecule has 2 N–H and O–H groups in total. The fourth-order valence-corrected chi connectivity index (χ4v) is 3.45. The molecule has 3 aromatic rings. The average molecular weight is 412 g/mol. The van der Waals surface area contributed by atoms with Crippen LogP contribution in [0, 0.1) is 17.0 Å². The first-order valence-electron chi connectivity index (χ1n) is 8.83. The van der Waals surface area contributed by atoms with Crippen LogP contribution in [0.1, 0.15) is 15.9 Å². The van der Waals surface area contributed by atoms with Gasteiger partial charge in [0.25, 0.3) is 11.6 Å². The number of hydrogen-bond acceptors (Lipinski definition) is 7. The molecule has 0 aliphatic carbocycles. The van der Waals surface area contributed by atoms with Gasteiger partial charge in [-0.15, -0.1) is 11.3 Å². The van der Waals surface area contributed by atoms with Crippen molar-refractivity contribution >= 4 is 33.8 Å². The van der Waals surface area contributed by atoms with Crippen LogP contribution in [0.4, 0.5) is 16.5 Å². The van der Waals surface area contributed by atoms with Gasteiger partial charge in [-0.1, -0.05) is 24.3 Å². The number of amides is 1. The number of carbonyl (C=O) groups excluding carboxylic acids is 1. The Hall–Kier alpha value is -3.30. The normalized spacial score (nSPS) is 10.6. The molecule has 0 spiro atoms. The number of thiazole rings is 1. The van der Waals surface area contributed by atoms with E-state index in [0.29, 0.717) is 24.0 Å². The molecule has 1 heterocycles. The molecule has 0 aliphatic rings. The van der Waals surface area contributed by atoms with Gasteiger partial charge in [0.2, 0.25) is 0 Å². The van der Waals surface area contributed by atoms with Gasteiger partial charge in [0.05, 0.1) is 17.2 Å². The van der Waals surface area contributed by atoms with Crippen molar-refractivity contribution in [3.05, 3.63) is 69.1 Å². The van der Waals surface area contributed by atoms with Crippen molar-refractivity contribution in [3.8, 4) is 11.3 Å². The number of nitrogens with zero attached hydrogens (tertiary/aromatic N) is 2. The second-order valence-corrected chi connectivity index (χ2v) is 7.07. The van der Waals surface area contributed by atoms with Crippen molar-refractivity contribution in [2.75, 3.05) is 30.9 Å². The molecule has 1 amide bonds. The molecule has 0 saturated carbocycles. The Morgan fingerprint density at radius 3 is 2.79 bits per heavy atom. The van der Waals surface area contributed by atoms with Crippen LogP contribution in [-0.4, -0.2) is 36.1 Å². The number of aromatic nitrogens is 1. The smallest absolute Gasteiger partial charge is 0.293 e. The summed E-state index contributed by atoms with van der Waals surface area (Å²) in [7, 11) is 1.55. The van der Waals surface area contributed by atoms with E-state index in [2.05, 4.69) is 15.6 Å².